The largest absolute Gasteiger partial charge is 0.497 e. The van der Waals surface area contributed by atoms with Crippen LogP contribution in [0.5, 0.6) is 11.5 Å². The Bertz CT molecular complexity index is 1160. The van der Waals surface area contributed by atoms with E-state index in [4.69, 9.17) is 14.2 Å². The minimum atomic E-state index is -0.611. The number of esters is 1. The van der Waals surface area contributed by atoms with Gasteiger partial charge in [0.1, 0.15) is 23.7 Å². The molecule has 0 atom stereocenters. The maximum atomic E-state index is 13.1. The van der Waals surface area contributed by atoms with Gasteiger partial charge < -0.3 is 19.5 Å². The molecule has 0 bridgehead atoms. The minimum absolute atomic E-state index is 0.00707. The molecule has 0 spiro atoms. The van der Waals surface area contributed by atoms with Gasteiger partial charge in [0.15, 0.2) is 5.69 Å². The smallest absolute Gasteiger partial charge is 0.325 e. The Hall–Kier alpha value is -3.88. The fraction of sp³-hybridized carbons (Fsp3) is 0.238. The van der Waals surface area contributed by atoms with Crippen LogP contribution in [-0.4, -0.2) is 49.0 Å². The molecule has 1 amide bonds. The van der Waals surface area contributed by atoms with Crippen LogP contribution in [0.25, 0.3) is 16.5 Å². The van der Waals surface area contributed by atoms with Gasteiger partial charge in [0.2, 0.25) is 0 Å². The molecule has 1 aromatic heterocycles. The molecule has 0 aliphatic heterocycles. The van der Waals surface area contributed by atoms with Crippen LogP contribution >= 0.6 is 0 Å². The first-order chi connectivity index (χ1) is 14.5. The number of methoxy groups -OCH3 is 2. The summed E-state index contributed by atoms with van der Waals surface area (Å²) in [5.74, 6) is -0.297. The average Bonchev–Trinajstić information content (AvgIpc) is 2.77. The number of nitrogens with zero attached hydrogens (tertiary/aromatic N) is 2. The zero-order valence-corrected chi connectivity index (χ0v) is 16.8. The van der Waals surface area contributed by atoms with Crippen LogP contribution in [0.2, 0.25) is 0 Å². The van der Waals surface area contributed by atoms with E-state index in [1.807, 2.05) is 0 Å². The zero-order chi connectivity index (χ0) is 21.7. The van der Waals surface area contributed by atoms with E-state index in [-0.39, 0.29) is 18.8 Å². The van der Waals surface area contributed by atoms with Crippen molar-refractivity contribution in [2.24, 2.45) is 0 Å². The van der Waals surface area contributed by atoms with E-state index in [0.717, 1.165) is 4.68 Å². The molecule has 1 N–H and O–H groups in total. The van der Waals surface area contributed by atoms with E-state index >= 15 is 0 Å². The van der Waals surface area contributed by atoms with E-state index in [2.05, 4.69) is 10.4 Å². The first kappa shape index (κ1) is 20.8. The fourth-order valence-corrected chi connectivity index (χ4v) is 2.93. The highest BCUT2D eigenvalue weighted by atomic mass is 16.5. The quantitative estimate of drug-likeness (QED) is 0.590. The second-order valence-corrected chi connectivity index (χ2v) is 6.14. The lowest BCUT2D eigenvalue weighted by atomic mass is 10.1. The monoisotopic (exact) mass is 411 g/mol. The Labute approximate surface area is 172 Å². The van der Waals surface area contributed by atoms with Crippen LogP contribution in [0.3, 0.4) is 0 Å². The summed E-state index contributed by atoms with van der Waals surface area (Å²) in [6.45, 7) is 1.57. The molecule has 9 heteroatoms. The lowest BCUT2D eigenvalue weighted by molar-refractivity contribution is -0.141. The summed E-state index contributed by atoms with van der Waals surface area (Å²) >= 11 is 0. The summed E-state index contributed by atoms with van der Waals surface area (Å²) in [4.78, 5) is 37.4. The van der Waals surface area contributed by atoms with Crippen molar-refractivity contribution in [3.05, 3.63) is 58.5 Å². The third kappa shape index (κ3) is 4.09. The number of carbonyl (C=O) groups excluding carboxylic acids is 2. The summed E-state index contributed by atoms with van der Waals surface area (Å²) in [5.41, 5.74) is -0.0862. The summed E-state index contributed by atoms with van der Waals surface area (Å²) in [6, 6.07) is 11.5. The Morgan fingerprint density at radius 1 is 1.07 bits per heavy atom. The Morgan fingerprint density at radius 3 is 2.47 bits per heavy atom. The second kappa shape index (κ2) is 9.08. The first-order valence-corrected chi connectivity index (χ1v) is 9.18. The molecule has 3 rings (SSSR count). The van der Waals surface area contributed by atoms with E-state index < -0.39 is 17.4 Å². The molecule has 0 unspecified atom stereocenters. The van der Waals surface area contributed by atoms with Gasteiger partial charge in [-0.2, -0.15) is 9.78 Å². The molecule has 0 fully saturated rings. The number of rotatable bonds is 7. The SMILES string of the molecule is CCOC(=O)CNC(=O)c1nn(-c2ccc(OC)cc2OC)c(=O)c2ccccc12. The summed E-state index contributed by atoms with van der Waals surface area (Å²) in [7, 11) is 2.97. The van der Waals surface area contributed by atoms with Crippen molar-refractivity contribution < 1.29 is 23.8 Å². The molecule has 1 heterocycles. The van der Waals surface area contributed by atoms with Gasteiger partial charge in [-0.05, 0) is 25.1 Å². The van der Waals surface area contributed by atoms with Gasteiger partial charge in [-0.25, -0.2) is 0 Å². The summed E-state index contributed by atoms with van der Waals surface area (Å²) < 4.78 is 16.5. The highest BCUT2D eigenvalue weighted by molar-refractivity contribution is 6.05. The third-order valence-corrected chi connectivity index (χ3v) is 4.33. The Kier molecular flexibility index (Phi) is 6.31. The molecule has 0 aliphatic carbocycles. The second-order valence-electron chi connectivity index (χ2n) is 6.14. The maximum absolute atomic E-state index is 13.1. The Morgan fingerprint density at radius 2 is 1.80 bits per heavy atom. The Balaban J connectivity index is 2.14. The highest BCUT2D eigenvalue weighted by Crippen LogP contribution is 2.27. The number of ether oxygens (including phenoxy) is 3. The fourth-order valence-electron chi connectivity index (χ4n) is 2.93. The first-order valence-electron chi connectivity index (χ1n) is 9.18. The molecule has 30 heavy (non-hydrogen) atoms. The van der Waals surface area contributed by atoms with Crippen molar-refractivity contribution in [2.45, 2.75) is 6.92 Å². The molecule has 0 radical (unpaired) electrons. The van der Waals surface area contributed by atoms with E-state index in [0.29, 0.717) is 28.0 Å². The normalized spacial score (nSPS) is 10.5. The number of amides is 1. The van der Waals surface area contributed by atoms with Crippen LogP contribution in [0, 0.1) is 0 Å². The number of hydrogen-bond donors (Lipinski definition) is 1. The van der Waals surface area contributed by atoms with Crippen LogP contribution in [0.1, 0.15) is 17.4 Å². The third-order valence-electron chi connectivity index (χ3n) is 4.33. The molecule has 0 saturated carbocycles. The number of nitrogens with one attached hydrogen (secondary N) is 1. The van der Waals surface area contributed by atoms with E-state index in [1.54, 1.807) is 49.4 Å². The molecule has 3 aromatic rings. The van der Waals surface area contributed by atoms with E-state index in [9.17, 15) is 14.4 Å². The lowest BCUT2D eigenvalue weighted by Gasteiger charge is -2.14. The van der Waals surface area contributed by atoms with E-state index in [1.165, 1.54) is 14.2 Å². The number of hydrogen-bond acceptors (Lipinski definition) is 7. The molecule has 0 saturated heterocycles. The molecule has 9 nitrogen and oxygen atoms in total. The molecule has 0 aliphatic rings. The van der Waals surface area contributed by atoms with Gasteiger partial charge in [0, 0.05) is 11.5 Å². The number of fused-ring (bicyclic) bond motifs is 1. The molecular formula is C21H21N3O6. The number of carbonyl (C=O) groups is 2. The van der Waals surface area contributed by atoms with Gasteiger partial charge in [0.05, 0.1) is 26.2 Å². The van der Waals surface area contributed by atoms with Crippen LogP contribution in [0.15, 0.2) is 47.3 Å². The highest BCUT2D eigenvalue weighted by Gasteiger charge is 2.20. The summed E-state index contributed by atoms with van der Waals surface area (Å²) in [5, 5.41) is 7.42. The van der Waals surface area contributed by atoms with Gasteiger partial charge in [-0.1, -0.05) is 18.2 Å². The topological polar surface area (TPSA) is 109 Å². The van der Waals surface area contributed by atoms with Crippen molar-refractivity contribution in [3.63, 3.8) is 0 Å². The summed E-state index contributed by atoms with van der Waals surface area (Å²) in [6.07, 6.45) is 0. The van der Waals surface area contributed by atoms with Gasteiger partial charge >= 0.3 is 5.97 Å². The predicted molar refractivity (Wildman–Crippen MR) is 109 cm³/mol. The lowest BCUT2D eigenvalue weighted by Crippen LogP contribution is -2.33. The van der Waals surface area contributed by atoms with Crippen LogP contribution < -0.4 is 20.3 Å². The van der Waals surface area contributed by atoms with Gasteiger partial charge in [-0.15, -0.1) is 0 Å². The molecule has 2 aromatic carbocycles. The van der Waals surface area contributed by atoms with Gasteiger partial charge in [0.25, 0.3) is 11.5 Å². The van der Waals surface area contributed by atoms with Crippen molar-refractivity contribution in [2.75, 3.05) is 27.4 Å². The van der Waals surface area contributed by atoms with Crippen LogP contribution in [-0.2, 0) is 9.53 Å². The standard InChI is InChI=1S/C21H21N3O6/c1-4-30-18(25)12-22-20(26)19-14-7-5-6-8-15(14)21(27)24(23-19)16-10-9-13(28-2)11-17(16)29-3/h5-11H,4,12H2,1-3H3,(H,22,26). The van der Waals surface area contributed by atoms with Crippen molar-refractivity contribution in [1.82, 2.24) is 15.1 Å². The molecule has 156 valence electrons. The minimum Gasteiger partial charge on any atom is -0.497 e. The molecular weight excluding hydrogens is 390 g/mol. The maximum Gasteiger partial charge on any atom is 0.325 e. The van der Waals surface area contributed by atoms with Crippen molar-refractivity contribution >= 4 is 22.6 Å². The zero-order valence-electron chi connectivity index (χ0n) is 16.8. The number of benzene rings is 2. The number of aromatic nitrogens is 2. The van der Waals surface area contributed by atoms with Gasteiger partial charge in [-0.3, -0.25) is 14.4 Å². The van der Waals surface area contributed by atoms with Crippen molar-refractivity contribution in [1.29, 1.82) is 0 Å². The predicted octanol–water partition coefficient (Wildman–Crippen LogP) is 1.70. The average molecular weight is 411 g/mol. The van der Waals surface area contributed by atoms with Crippen LogP contribution in [0.4, 0.5) is 0 Å². The van der Waals surface area contributed by atoms with Crippen molar-refractivity contribution in [3.8, 4) is 17.2 Å².